The van der Waals surface area contributed by atoms with Gasteiger partial charge in [0.15, 0.2) is 5.12 Å². The molecule has 1 fully saturated rings. The first-order valence-corrected chi connectivity index (χ1v) is 7.72. The van der Waals surface area contributed by atoms with E-state index in [0.29, 0.717) is 19.4 Å². The molecule has 1 aromatic carbocycles. The maximum Gasteiger partial charge on any atom is 0.224 e. The number of rotatable bonds is 5. The fraction of sp³-hybridized carbons (Fsp3) is 0.467. The van der Waals surface area contributed by atoms with Gasteiger partial charge in [-0.2, -0.15) is 0 Å². The van der Waals surface area contributed by atoms with E-state index in [-0.39, 0.29) is 34.7 Å². The number of aliphatic hydroxyl groups excluding tert-OH is 1. The Morgan fingerprint density at radius 3 is 2.71 bits per heavy atom. The standard InChI is InChI=1S/C15H18FNO3S/c1-10(19)21-13-8-15(20)17(9-13)14(6-7-18)11-2-4-12(16)5-3-11/h2-5,13-14,18H,6-9H2,1H3. The van der Waals surface area contributed by atoms with Crippen molar-refractivity contribution in [2.75, 3.05) is 13.2 Å². The Hall–Kier alpha value is -1.40. The number of aliphatic hydroxyl groups is 1. The van der Waals surface area contributed by atoms with E-state index in [0.717, 1.165) is 5.56 Å². The monoisotopic (exact) mass is 311 g/mol. The molecule has 0 aliphatic carbocycles. The Balaban J connectivity index is 2.16. The van der Waals surface area contributed by atoms with E-state index < -0.39 is 0 Å². The van der Waals surface area contributed by atoms with Crippen molar-refractivity contribution in [2.24, 2.45) is 0 Å². The Bertz CT molecular complexity index is 520. The molecule has 1 amide bonds. The molecule has 1 aliphatic rings. The molecular weight excluding hydrogens is 293 g/mol. The van der Waals surface area contributed by atoms with E-state index in [1.165, 1.54) is 30.8 Å². The first-order chi connectivity index (χ1) is 10.0. The molecule has 1 heterocycles. The van der Waals surface area contributed by atoms with Gasteiger partial charge in [-0.15, -0.1) is 0 Å². The van der Waals surface area contributed by atoms with Crippen LogP contribution in [0.15, 0.2) is 24.3 Å². The maximum absolute atomic E-state index is 13.0. The van der Waals surface area contributed by atoms with Crippen molar-refractivity contribution in [2.45, 2.75) is 31.1 Å². The summed E-state index contributed by atoms with van der Waals surface area (Å²) < 4.78 is 13.0. The highest BCUT2D eigenvalue weighted by atomic mass is 32.2. The lowest BCUT2D eigenvalue weighted by Crippen LogP contribution is -2.31. The summed E-state index contributed by atoms with van der Waals surface area (Å²) in [5.41, 5.74) is 0.798. The molecule has 0 aromatic heterocycles. The van der Waals surface area contributed by atoms with Gasteiger partial charge in [-0.25, -0.2) is 4.39 Å². The Labute approximate surface area is 127 Å². The van der Waals surface area contributed by atoms with Gasteiger partial charge in [0.1, 0.15) is 5.82 Å². The van der Waals surface area contributed by atoms with Crippen LogP contribution in [0.4, 0.5) is 4.39 Å². The second-order valence-corrected chi connectivity index (χ2v) is 6.54. The Morgan fingerprint density at radius 1 is 1.48 bits per heavy atom. The zero-order valence-electron chi connectivity index (χ0n) is 11.8. The highest BCUT2D eigenvalue weighted by molar-refractivity contribution is 8.14. The van der Waals surface area contributed by atoms with Gasteiger partial charge >= 0.3 is 0 Å². The van der Waals surface area contributed by atoms with Gasteiger partial charge < -0.3 is 10.0 Å². The summed E-state index contributed by atoms with van der Waals surface area (Å²) in [5, 5.41) is 9.19. The molecule has 1 saturated heterocycles. The summed E-state index contributed by atoms with van der Waals surface area (Å²) in [6, 6.07) is 5.69. The predicted molar refractivity (Wildman–Crippen MR) is 79.2 cm³/mol. The minimum Gasteiger partial charge on any atom is -0.396 e. The van der Waals surface area contributed by atoms with Crippen molar-refractivity contribution in [3.8, 4) is 0 Å². The number of hydrogen-bond donors (Lipinski definition) is 1. The van der Waals surface area contributed by atoms with Crippen molar-refractivity contribution in [3.63, 3.8) is 0 Å². The molecule has 1 aliphatic heterocycles. The molecule has 1 N–H and O–H groups in total. The third-order valence-corrected chi connectivity index (χ3v) is 4.47. The lowest BCUT2D eigenvalue weighted by Gasteiger charge is -2.28. The van der Waals surface area contributed by atoms with E-state index in [1.54, 1.807) is 17.0 Å². The summed E-state index contributed by atoms with van der Waals surface area (Å²) in [5.74, 6) is -0.365. The minimum atomic E-state index is -0.334. The topological polar surface area (TPSA) is 57.6 Å². The highest BCUT2D eigenvalue weighted by Crippen LogP contribution is 2.33. The molecule has 114 valence electrons. The summed E-state index contributed by atoms with van der Waals surface area (Å²) >= 11 is 1.18. The molecule has 4 nitrogen and oxygen atoms in total. The first-order valence-electron chi connectivity index (χ1n) is 6.84. The van der Waals surface area contributed by atoms with Gasteiger partial charge in [0.2, 0.25) is 5.91 Å². The number of carbonyl (C=O) groups is 2. The van der Waals surface area contributed by atoms with Crippen LogP contribution in [0.1, 0.15) is 31.4 Å². The number of benzene rings is 1. The van der Waals surface area contributed by atoms with Crippen LogP contribution in [0.25, 0.3) is 0 Å². The van der Waals surface area contributed by atoms with Crippen LogP contribution >= 0.6 is 11.8 Å². The van der Waals surface area contributed by atoms with Crippen molar-refractivity contribution in [3.05, 3.63) is 35.6 Å². The quantitative estimate of drug-likeness (QED) is 0.905. The third kappa shape index (κ3) is 4.04. The number of likely N-dealkylation sites (tertiary alicyclic amines) is 1. The third-order valence-electron chi connectivity index (χ3n) is 3.49. The lowest BCUT2D eigenvalue weighted by molar-refractivity contribution is -0.130. The zero-order chi connectivity index (χ0) is 15.4. The van der Waals surface area contributed by atoms with E-state index in [4.69, 9.17) is 0 Å². The minimum absolute atomic E-state index is 0.00450. The summed E-state index contributed by atoms with van der Waals surface area (Å²) in [4.78, 5) is 25.0. The lowest BCUT2D eigenvalue weighted by atomic mass is 10.0. The second-order valence-electron chi connectivity index (χ2n) is 5.06. The number of amides is 1. The molecule has 6 heteroatoms. The molecule has 21 heavy (non-hydrogen) atoms. The van der Waals surface area contributed by atoms with Crippen molar-refractivity contribution in [1.82, 2.24) is 4.90 Å². The molecule has 2 unspecified atom stereocenters. The van der Waals surface area contributed by atoms with Crippen LogP contribution < -0.4 is 0 Å². The van der Waals surface area contributed by atoms with Gasteiger partial charge in [0, 0.05) is 31.7 Å². The van der Waals surface area contributed by atoms with Gasteiger partial charge in [0.25, 0.3) is 0 Å². The fourth-order valence-corrected chi connectivity index (χ4v) is 3.55. The van der Waals surface area contributed by atoms with Crippen LogP contribution in [0, 0.1) is 5.82 Å². The summed E-state index contributed by atoms with van der Waals surface area (Å²) in [6.07, 6.45) is 0.724. The first kappa shape index (κ1) is 16.0. The number of hydrogen-bond acceptors (Lipinski definition) is 4. The average Bonchev–Trinajstić information content (AvgIpc) is 2.77. The van der Waals surface area contributed by atoms with E-state index in [1.807, 2.05) is 0 Å². The number of nitrogens with zero attached hydrogens (tertiary/aromatic N) is 1. The van der Waals surface area contributed by atoms with Crippen molar-refractivity contribution >= 4 is 22.8 Å². The van der Waals surface area contributed by atoms with E-state index >= 15 is 0 Å². The SMILES string of the molecule is CC(=O)SC1CC(=O)N(C(CCO)c2ccc(F)cc2)C1. The van der Waals surface area contributed by atoms with E-state index in [9.17, 15) is 19.1 Å². The number of thioether (sulfide) groups is 1. The molecule has 0 saturated carbocycles. The Morgan fingerprint density at radius 2 is 2.14 bits per heavy atom. The summed E-state index contributed by atoms with van der Waals surface area (Å²) in [7, 11) is 0. The zero-order valence-corrected chi connectivity index (χ0v) is 12.6. The van der Waals surface area contributed by atoms with Crippen LogP contribution in [0.2, 0.25) is 0 Å². The predicted octanol–water partition coefficient (Wildman–Crippen LogP) is 2.13. The smallest absolute Gasteiger partial charge is 0.224 e. The van der Waals surface area contributed by atoms with E-state index in [2.05, 4.69) is 0 Å². The van der Waals surface area contributed by atoms with Gasteiger partial charge in [0.05, 0.1) is 6.04 Å². The van der Waals surface area contributed by atoms with Crippen molar-refractivity contribution < 1.29 is 19.1 Å². The second kappa shape index (κ2) is 7.04. The molecule has 0 bridgehead atoms. The molecule has 2 rings (SSSR count). The average molecular weight is 311 g/mol. The van der Waals surface area contributed by atoms with Crippen LogP contribution in [0.3, 0.4) is 0 Å². The van der Waals surface area contributed by atoms with Crippen LogP contribution in [-0.4, -0.2) is 39.4 Å². The summed E-state index contributed by atoms with van der Waals surface area (Å²) in [6.45, 7) is 1.91. The van der Waals surface area contributed by atoms with Gasteiger partial charge in [-0.3, -0.25) is 9.59 Å². The molecular formula is C15H18FNO3S. The maximum atomic E-state index is 13.0. The molecule has 1 aromatic rings. The number of halogens is 1. The highest BCUT2D eigenvalue weighted by Gasteiger charge is 2.35. The number of carbonyl (C=O) groups excluding carboxylic acids is 2. The van der Waals surface area contributed by atoms with Gasteiger partial charge in [-0.05, 0) is 24.1 Å². The van der Waals surface area contributed by atoms with Crippen LogP contribution in [0.5, 0.6) is 0 Å². The normalized spacial score (nSPS) is 19.9. The molecule has 0 spiro atoms. The van der Waals surface area contributed by atoms with Gasteiger partial charge in [-0.1, -0.05) is 23.9 Å². The van der Waals surface area contributed by atoms with Crippen molar-refractivity contribution in [1.29, 1.82) is 0 Å². The largest absolute Gasteiger partial charge is 0.396 e. The van der Waals surface area contributed by atoms with Crippen LogP contribution in [-0.2, 0) is 9.59 Å². The molecule has 0 radical (unpaired) electrons. The molecule has 2 atom stereocenters. The Kier molecular flexibility index (Phi) is 5.36. The fourth-order valence-electron chi connectivity index (χ4n) is 2.62.